The fraction of sp³-hybridized carbons (Fsp3) is 0.412. The molecule has 6 aromatic rings. The highest BCUT2D eigenvalue weighted by atomic mass is 32.2. The third-order valence-corrected chi connectivity index (χ3v) is 14.9. The van der Waals surface area contributed by atoms with Gasteiger partial charge in [-0.25, -0.2) is 36.8 Å². The number of carbonyl (C=O) groups excluding carboxylic acids is 5. The Morgan fingerprint density at radius 1 is 0.883 bits per heavy atom. The predicted molar refractivity (Wildman–Crippen MR) is 275 cm³/mol. The van der Waals surface area contributed by atoms with E-state index in [0.717, 1.165) is 17.0 Å². The zero-order valence-electron chi connectivity index (χ0n) is 42.3. The van der Waals surface area contributed by atoms with Gasteiger partial charge in [-0.15, -0.1) is 5.10 Å². The molecule has 2 aromatic carbocycles. The second-order valence-corrected chi connectivity index (χ2v) is 20.4. The summed E-state index contributed by atoms with van der Waals surface area (Å²) in [4.78, 5) is 81.6. The number of hydrogen-bond donors (Lipinski definition) is 3. The third-order valence-electron chi connectivity index (χ3n) is 13.4. The molecule has 406 valence electrons. The van der Waals surface area contributed by atoms with E-state index in [-0.39, 0.29) is 73.6 Å². The number of fused-ring (bicyclic) bond motifs is 2. The Balaban J connectivity index is 0.673. The van der Waals surface area contributed by atoms with Gasteiger partial charge in [0.25, 0.3) is 11.8 Å². The Bertz CT molecular complexity index is 3280. The van der Waals surface area contributed by atoms with Crippen LogP contribution in [-0.4, -0.2) is 160 Å². The Labute approximate surface area is 441 Å². The number of nitrogens with one attached hydrogen (secondary N) is 3. The first-order valence-electron chi connectivity index (χ1n) is 25.2. The zero-order chi connectivity index (χ0) is 54.2. The Kier molecular flexibility index (Phi) is 16.8. The summed E-state index contributed by atoms with van der Waals surface area (Å²) in [6.07, 6.45) is 9.77. The summed E-state index contributed by atoms with van der Waals surface area (Å²) in [5.41, 5.74) is 2.40. The molecular formula is C51H57F2N13O10S. The fourth-order valence-electron chi connectivity index (χ4n) is 9.55. The highest BCUT2D eigenvalue weighted by Crippen LogP contribution is 2.37. The van der Waals surface area contributed by atoms with Gasteiger partial charge in [-0.1, -0.05) is 18.2 Å². The molecule has 0 radical (unpaired) electrons. The van der Waals surface area contributed by atoms with Crippen molar-refractivity contribution in [3.63, 3.8) is 0 Å². The summed E-state index contributed by atoms with van der Waals surface area (Å²) in [5, 5.41) is 13.6. The van der Waals surface area contributed by atoms with Gasteiger partial charge in [0, 0.05) is 74.5 Å². The number of carbonyl (C=O) groups is 5. The van der Waals surface area contributed by atoms with E-state index < -0.39 is 57.0 Å². The van der Waals surface area contributed by atoms with Crippen molar-refractivity contribution in [1.82, 2.24) is 49.6 Å². The summed E-state index contributed by atoms with van der Waals surface area (Å²) < 4.78 is 79.0. The van der Waals surface area contributed by atoms with Crippen LogP contribution in [0.4, 0.5) is 26.0 Å². The molecule has 1 unspecified atom stereocenters. The molecule has 9 rings (SSSR count). The van der Waals surface area contributed by atoms with Crippen LogP contribution in [-0.2, 0) is 51.8 Å². The Morgan fingerprint density at radius 3 is 2.43 bits per heavy atom. The topological polar surface area (TPSA) is 267 Å². The van der Waals surface area contributed by atoms with Gasteiger partial charge in [-0.3, -0.25) is 38.9 Å². The Morgan fingerprint density at radius 2 is 1.66 bits per heavy atom. The van der Waals surface area contributed by atoms with Gasteiger partial charge in [-0.2, -0.15) is 0 Å². The van der Waals surface area contributed by atoms with E-state index >= 15 is 8.78 Å². The first-order valence-corrected chi connectivity index (χ1v) is 26.8. The number of benzene rings is 2. The quantitative estimate of drug-likeness (QED) is 0.0569. The maximum atomic E-state index is 16.1. The monoisotopic (exact) mass is 1080 g/mol. The molecular weight excluding hydrogens is 1020 g/mol. The van der Waals surface area contributed by atoms with Crippen LogP contribution in [0, 0.1) is 11.6 Å². The van der Waals surface area contributed by atoms with Crippen LogP contribution in [0.15, 0.2) is 73.6 Å². The molecule has 26 heteroatoms. The molecule has 23 nitrogen and oxygen atoms in total. The summed E-state index contributed by atoms with van der Waals surface area (Å²) in [6.45, 7) is 5.13. The van der Waals surface area contributed by atoms with Crippen molar-refractivity contribution in [3.8, 4) is 16.8 Å². The van der Waals surface area contributed by atoms with Gasteiger partial charge >= 0.3 is 0 Å². The molecule has 0 bridgehead atoms. The first-order chi connectivity index (χ1) is 37.2. The standard InChI is InChI=1S/C51H57F2N13O10S/c1-3-25-77(72,73)60-39-8-7-37(52)48(46(39)53)65-29-36(32-26-54-31-55-27-32)47-40(65)9-11-42(57-47)62(2)34-13-17-63(18-14-34)44(68)15-20-74-23-24-75-22-19-64-28-33(59-61-64)30-76-21-16-56-38-6-4-5-35-45(38)51(71)66(50(35)70)41-10-12-43(67)58-49(41)69/h4-9,11,26-29,31,34,41,56,60H,3,10,12-25,30H2,1-2H3,(H,58,67,69). The van der Waals surface area contributed by atoms with Crippen LogP contribution in [0.5, 0.6) is 0 Å². The van der Waals surface area contributed by atoms with E-state index in [1.165, 1.54) is 23.2 Å². The Hall–Kier alpha value is -7.81. The molecule has 2 fully saturated rings. The molecule has 0 spiro atoms. The third kappa shape index (κ3) is 12.2. The van der Waals surface area contributed by atoms with Gasteiger partial charge in [0.1, 0.15) is 35.4 Å². The highest BCUT2D eigenvalue weighted by molar-refractivity contribution is 7.92. The summed E-state index contributed by atoms with van der Waals surface area (Å²) in [6, 6.07) is 9.38. The molecule has 2 saturated heterocycles. The zero-order valence-corrected chi connectivity index (χ0v) is 43.1. The molecule has 0 saturated carbocycles. The lowest BCUT2D eigenvalue weighted by Crippen LogP contribution is -2.54. The second-order valence-electron chi connectivity index (χ2n) is 18.6. The number of halogens is 2. The lowest BCUT2D eigenvalue weighted by atomic mass is 10.0. The molecule has 5 amide bonds. The second kappa shape index (κ2) is 24.0. The number of sulfonamides is 1. The van der Waals surface area contributed by atoms with E-state index in [9.17, 15) is 32.4 Å². The SMILES string of the molecule is CCCS(=O)(=O)Nc1ccc(F)c(-n2cc(-c3cncnc3)c3nc(N(C)C4CCN(C(=O)CCOCCOCCn5cc(COCCNc6cccc7c6C(=O)N(C6CCC(=O)NC6=O)C7=O)nn5)CC4)ccc32)c1F. The summed E-state index contributed by atoms with van der Waals surface area (Å²) >= 11 is 0. The van der Waals surface area contributed by atoms with E-state index in [2.05, 4.69) is 35.6 Å². The van der Waals surface area contributed by atoms with E-state index in [0.29, 0.717) is 105 Å². The normalized spacial score (nSPS) is 16.1. The van der Waals surface area contributed by atoms with Crippen LogP contribution in [0.1, 0.15) is 71.9 Å². The number of hydrogen-bond acceptors (Lipinski definition) is 17. The summed E-state index contributed by atoms with van der Waals surface area (Å²) in [7, 11) is -1.96. The van der Waals surface area contributed by atoms with Gasteiger partial charge in [0.05, 0.1) is 92.4 Å². The van der Waals surface area contributed by atoms with Crippen LogP contribution in [0.3, 0.4) is 0 Å². The number of amides is 5. The average molecular weight is 1080 g/mol. The van der Waals surface area contributed by atoms with Crippen molar-refractivity contribution in [2.45, 2.75) is 70.7 Å². The molecule has 77 heavy (non-hydrogen) atoms. The number of imide groups is 2. The van der Waals surface area contributed by atoms with Crippen LogP contribution < -0.4 is 20.3 Å². The smallest absolute Gasteiger partial charge is 0.264 e. The molecule has 4 aromatic heterocycles. The van der Waals surface area contributed by atoms with Crippen LogP contribution in [0.2, 0.25) is 0 Å². The largest absolute Gasteiger partial charge is 0.382 e. The number of piperidine rings is 2. The van der Waals surface area contributed by atoms with Gasteiger partial charge in [0.2, 0.25) is 27.7 Å². The average Bonchev–Trinajstić information content (AvgIpc) is 4.13. The number of ether oxygens (including phenoxy) is 3. The minimum atomic E-state index is -3.87. The summed E-state index contributed by atoms with van der Waals surface area (Å²) in [5.74, 6) is -3.91. The maximum Gasteiger partial charge on any atom is 0.264 e. The number of likely N-dealkylation sites (tertiary alicyclic amines) is 1. The number of rotatable bonds is 24. The molecule has 7 heterocycles. The lowest BCUT2D eigenvalue weighted by molar-refractivity contribution is -0.136. The molecule has 3 aliphatic heterocycles. The minimum Gasteiger partial charge on any atom is -0.382 e. The molecule has 1 atom stereocenters. The van der Waals surface area contributed by atoms with E-state index in [4.69, 9.17) is 19.2 Å². The van der Waals surface area contributed by atoms with Crippen molar-refractivity contribution in [2.75, 3.05) is 80.4 Å². The lowest BCUT2D eigenvalue weighted by Gasteiger charge is -2.37. The van der Waals surface area contributed by atoms with Crippen molar-refractivity contribution in [2.24, 2.45) is 0 Å². The van der Waals surface area contributed by atoms with Crippen molar-refractivity contribution < 1.29 is 55.4 Å². The number of anilines is 3. The predicted octanol–water partition coefficient (Wildman–Crippen LogP) is 4.08. The van der Waals surface area contributed by atoms with Crippen LogP contribution >= 0.6 is 0 Å². The van der Waals surface area contributed by atoms with Crippen molar-refractivity contribution in [1.29, 1.82) is 0 Å². The number of pyridine rings is 1. The molecule has 3 aliphatic rings. The van der Waals surface area contributed by atoms with Crippen molar-refractivity contribution in [3.05, 3.63) is 102 Å². The highest BCUT2D eigenvalue weighted by Gasteiger charge is 2.45. The van der Waals surface area contributed by atoms with E-state index in [1.54, 1.807) is 54.5 Å². The van der Waals surface area contributed by atoms with Crippen molar-refractivity contribution >= 4 is 67.8 Å². The number of aromatic nitrogens is 7. The fourth-order valence-corrected chi connectivity index (χ4v) is 10.7. The number of nitrogens with zero attached hydrogens (tertiary/aromatic N) is 10. The minimum absolute atomic E-state index is 0.0137. The maximum absolute atomic E-state index is 16.1. The molecule has 0 aliphatic carbocycles. The van der Waals surface area contributed by atoms with E-state index in [1.807, 2.05) is 16.8 Å². The first kappa shape index (κ1) is 54.0. The van der Waals surface area contributed by atoms with Crippen LogP contribution in [0.25, 0.3) is 27.8 Å². The van der Waals surface area contributed by atoms with Gasteiger partial charge < -0.3 is 33.9 Å². The van der Waals surface area contributed by atoms with Gasteiger partial charge in [-0.05, 0) is 62.1 Å². The molecule has 3 N–H and O–H groups in total. The van der Waals surface area contributed by atoms with Gasteiger partial charge in [0.15, 0.2) is 5.82 Å².